The predicted octanol–water partition coefficient (Wildman–Crippen LogP) is 1.50. The number of rotatable bonds is 3. The standard InChI is InChI=1S/C12H20N4/c1-9-6-14-12(16-10(9)2)15-8-11-4-3-5-13-7-11/h6,11,13H,3-5,7-8H2,1-2H3,(H,14,15,16). The molecule has 1 fully saturated rings. The lowest BCUT2D eigenvalue weighted by Gasteiger charge is -2.22. The molecule has 16 heavy (non-hydrogen) atoms. The monoisotopic (exact) mass is 220 g/mol. The van der Waals surface area contributed by atoms with E-state index in [1.807, 2.05) is 20.0 Å². The number of nitrogens with one attached hydrogen (secondary N) is 2. The highest BCUT2D eigenvalue weighted by molar-refractivity contribution is 5.28. The van der Waals surface area contributed by atoms with Gasteiger partial charge in [-0.15, -0.1) is 0 Å². The van der Waals surface area contributed by atoms with E-state index in [-0.39, 0.29) is 0 Å². The van der Waals surface area contributed by atoms with Crippen LogP contribution < -0.4 is 10.6 Å². The summed E-state index contributed by atoms with van der Waals surface area (Å²) in [6, 6.07) is 0. The molecule has 1 atom stereocenters. The smallest absolute Gasteiger partial charge is 0.222 e. The first-order valence-electron chi connectivity index (χ1n) is 6.00. The zero-order chi connectivity index (χ0) is 11.4. The van der Waals surface area contributed by atoms with Crippen molar-refractivity contribution in [2.75, 3.05) is 25.0 Å². The third-order valence-corrected chi connectivity index (χ3v) is 3.17. The lowest BCUT2D eigenvalue weighted by atomic mass is 10.00. The fourth-order valence-electron chi connectivity index (χ4n) is 1.95. The maximum Gasteiger partial charge on any atom is 0.222 e. The Hall–Kier alpha value is -1.16. The zero-order valence-corrected chi connectivity index (χ0v) is 10.1. The molecule has 0 radical (unpaired) electrons. The second-order valence-corrected chi connectivity index (χ2v) is 4.56. The summed E-state index contributed by atoms with van der Waals surface area (Å²) in [7, 11) is 0. The van der Waals surface area contributed by atoms with Crippen LogP contribution in [0.4, 0.5) is 5.95 Å². The van der Waals surface area contributed by atoms with Gasteiger partial charge in [-0.3, -0.25) is 0 Å². The van der Waals surface area contributed by atoms with Crippen LogP contribution in [0.2, 0.25) is 0 Å². The zero-order valence-electron chi connectivity index (χ0n) is 10.1. The Labute approximate surface area is 96.9 Å². The van der Waals surface area contributed by atoms with Gasteiger partial charge in [0.2, 0.25) is 5.95 Å². The Morgan fingerprint density at radius 3 is 3.06 bits per heavy atom. The molecule has 4 nitrogen and oxygen atoms in total. The van der Waals surface area contributed by atoms with Gasteiger partial charge in [0.25, 0.3) is 0 Å². The van der Waals surface area contributed by atoms with Crippen molar-refractivity contribution in [2.24, 2.45) is 5.92 Å². The molecule has 1 saturated heterocycles. The first-order chi connectivity index (χ1) is 7.75. The summed E-state index contributed by atoms with van der Waals surface area (Å²) < 4.78 is 0. The number of aryl methyl sites for hydroxylation is 2. The molecule has 2 heterocycles. The van der Waals surface area contributed by atoms with Crippen LogP contribution >= 0.6 is 0 Å². The molecule has 4 heteroatoms. The molecule has 1 unspecified atom stereocenters. The maximum atomic E-state index is 4.41. The van der Waals surface area contributed by atoms with Gasteiger partial charge in [0.1, 0.15) is 0 Å². The van der Waals surface area contributed by atoms with Crippen molar-refractivity contribution >= 4 is 5.95 Å². The molecule has 0 spiro atoms. The average molecular weight is 220 g/mol. The van der Waals surface area contributed by atoms with E-state index in [9.17, 15) is 0 Å². The van der Waals surface area contributed by atoms with Crippen LogP contribution in [-0.2, 0) is 0 Å². The van der Waals surface area contributed by atoms with Crippen molar-refractivity contribution in [1.82, 2.24) is 15.3 Å². The molecular formula is C12H20N4. The minimum absolute atomic E-state index is 0.707. The van der Waals surface area contributed by atoms with Crippen LogP contribution in [0.5, 0.6) is 0 Å². The van der Waals surface area contributed by atoms with Crippen molar-refractivity contribution in [3.05, 3.63) is 17.5 Å². The Bertz CT molecular complexity index is 345. The van der Waals surface area contributed by atoms with Gasteiger partial charge in [0.05, 0.1) is 0 Å². The molecule has 0 amide bonds. The van der Waals surface area contributed by atoms with Gasteiger partial charge in [-0.25, -0.2) is 9.97 Å². The second kappa shape index (κ2) is 5.25. The number of anilines is 1. The Balaban J connectivity index is 1.86. The first-order valence-corrected chi connectivity index (χ1v) is 6.00. The average Bonchev–Trinajstić information content (AvgIpc) is 2.32. The van der Waals surface area contributed by atoms with Crippen molar-refractivity contribution in [2.45, 2.75) is 26.7 Å². The van der Waals surface area contributed by atoms with Crippen LogP contribution in [0.1, 0.15) is 24.1 Å². The molecular weight excluding hydrogens is 200 g/mol. The van der Waals surface area contributed by atoms with Gasteiger partial charge >= 0.3 is 0 Å². The molecule has 1 aliphatic heterocycles. The van der Waals surface area contributed by atoms with Crippen molar-refractivity contribution in [1.29, 1.82) is 0 Å². The van der Waals surface area contributed by atoms with Gasteiger partial charge in [0.15, 0.2) is 0 Å². The quantitative estimate of drug-likeness (QED) is 0.810. The number of nitrogens with zero attached hydrogens (tertiary/aromatic N) is 2. The highest BCUT2D eigenvalue weighted by atomic mass is 15.1. The molecule has 1 aromatic rings. The molecule has 2 N–H and O–H groups in total. The molecule has 0 aliphatic carbocycles. The van der Waals surface area contributed by atoms with E-state index in [0.717, 1.165) is 36.8 Å². The van der Waals surface area contributed by atoms with Gasteiger partial charge in [0, 0.05) is 18.4 Å². The SMILES string of the molecule is Cc1cnc(NCC2CCCNC2)nc1C. The van der Waals surface area contributed by atoms with Crippen molar-refractivity contribution in [3.8, 4) is 0 Å². The van der Waals surface area contributed by atoms with Crippen LogP contribution in [0.15, 0.2) is 6.20 Å². The summed E-state index contributed by atoms with van der Waals surface area (Å²) >= 11 is 0. The number of hydrogen-bond donors (Lipinski definition) is 2. The molecule has 1 aliphatic rings. The van der Waals surface area contributed by atoms with Crippen molar-refractivity contribution < 1.29 is 0 Å². The van der Waals surface area contributed by atoms with Crippen LogP contribution in [0, 0.1) is 19.8 Å². The van der Waals surface area contributed by atoms with Gasteiger partial charge in [-0.05, 0) is 51.3 Å². The van der Waals surface area contributed by atoms with Crippen LogP contribution in [0.25, 0.3) is 0 Å². The fourth-order valence-corrected chi connectivity index (χ4v) is 1.95. The number of hydrogen-bond acceptors (Lipinski definition) is 4. The summed E-state index contributed by atoms with van der Waals surface area (Å²) in [5.41, 5.74) is 2.20. The van der Waals surface area contributed by atoms with Gasteiger partial charge in [-0.1, -0.05) is 0 Å². The highest BCUT2D eigenvalue weighted by Gasteiger charge is 2.12. The fraction of sp³-hybridized carbons (Fsp3) is 0.667. The van der Waals surface area contributed by atoms with Crippen LogP contribution in [-0.4, -0.2) is 29.6 Å². The molecule has 0 bridgehead atoms. The summed E-state index contributed by atoms with van der Waals surface area (Å²) in [5, 5.41) is 6.73. The van der Waals surface area contributed by atoms with E-state index in [0.29, 0.717) is 5.92 Å². The minimum Gasteiger partial charge on any atom is -0.354 e. The van der Waals surface area contributed by atoms with E-state index < -0.39 is 0 Å². The van der Waals surface area contributed by atoms with E-state index in [4.69, 9.17) is 0 Å². The first kappa shape index (κ1) is 11.3. The largest absolute Gasteiger partial charge is 0.354 e. The summed E-state index contributed by atoms with van der Waals surface area (Å²) in [4.78, 5) is 8.70. The van der Waals surface area contributed by atoms with Gasteiger partial charge < -0.3 is 10.6 Å². The normalized spacial score (nSPS) is 20.8. The highest BCUT2D eigenvalue weighted by Crippen LogP contribution is 2.11. The Morgan fingerprint density at radius 1 is 1.50 bits per heavy atom. The molecule has 0 saturated carbocycles. The molecule has 0 aromatic carbocycles. The number of aromatic nitrogens is 2. The van der Waals surface area contributed by atoms with E-state index >= 15 is 0 Å². The van der Waals surface area contributed by atoms with E-state index in [1.165, 1.54) is 12.8 Å². The number of piperidine rings is 1. The third-order valence-electron chi connectivity index (χ3n) is 3.17. The molecule has 2 rings (SSSR count). The Kier molecular flexibility index (Phi) is 3.72. The topological polar surface area (TPSA) is 49.8 Å². The van der Waals surface area contributed by atoms with E-state index in [2.05, 4.69) is 20.6 Å². The molecule has 1 aromatic heterocycles. The predicted molar refractivity (Wildman–Crippen MR) is 65.6 cm³/mol. The maximum absolute atomic E-state index is 4.41. The third kappa shape index (κ3) is 2.92. The van der Waals surface area contributed by atoms with Crippen LogP contribution in [0.3, 0.4) is 0 Å². The summed E-state index contributed by atoms with van der Waals surface area (Å²) in [6.45, 7) is 7.29. The Morgan fingerprint density at radius 2 is 2.38 bits per heavy atom. The second-order valence-electron chi connectivity index (χ2n) is 4.56. The minimum atomic E-state index is 0.707. The lowest BCUT2D eigenvalue weighted by molar-refractivity contribution is 0.392. The molecule has 88 valence electrons. The van der Waals surface area contributed by atoms with Crippen molar-refractivity contribution in [3.63, 3.8) is 0 Å². The van der Waals surface area contributed by atoms with Gasteiger partial charge in [-0.2, -0.15) is 0 Å². The lowest BCUT2D eigenvalue weighted by Crippen LogP contribution is -2.33. The summed E-state index contributed by atoms with van der Waals surface area (Å²) in [6.07, 6.45) is 4.45. The van der Waals surface area contributed by atoms with E-state index in [1.54, 1.807) is 0 Å². The summed E-state index contributed by atoms with van der Waals surface area (Å²) in [5.74, 6) is 1.47.